The molecule has 1 unspecified atom stereocenters. The van der Waals surface area contributed by atoms with E-state index in [1.807, 2.05) is 6.92 Å². The maximum atomic E-state index is 11.1. The fourth-order valence-corrected chi connectivity index (χ4v) is 0.890. The normalized spacial score (nSPS) is 11.9. The molecule has 0 bridgehead atoms. The Labute approximate surface area is 96.6 Å². The van der Waals surface area contributed by atoms with Crippen molar-refractivity contribution in [2.45, 2.75) is 27.2 Å². The topological polar surface area (TPSA) is 52.6 Å². The van der Waals surface area contributed by atoms with E-state index in [9.17, 15) is 9.59 Å². The number of carbonyl (C=O) groups is 2. The third-order valence-corrected chi connectivity index (χ3v) is 1.85. The quantitative estimate of drug-likeness (QED) is 0.361. The molecule has 0 saturated heterocycles. The molecule has 0 aliphatic carbocycles. The number of rotatable bonds is 8. The van der Waals surface area contributed by atoms with Crippen molar-refractivity contribution < 1.29 is 19.1 Å². The Morgan fingerprint density at radius 1 is 1.25 bits per heavy atom. The Hall–Kier alpha value is -1.16. The summed E-state index contributed by atoms with van der Waals surface area (Å²) in [5.41, 5.74) is 0.393. The first-order chi connectivity index (χ1) is 7.43. The van der Waals surface area contributed by atoms with Gasteiger partial charge in [0.1, 0.15) is 5.78 Å². The summed E-state index contributed by atoms with van der Waals surface area (Å²) in [5, 5.41) is 0. The molecule has 0 N–H and O–H groups in total. The van der Waals surface area contributed by atoms with E-state index in [1.54, 1.807) is 6.92 Å². The predicted molar refractivity (Wildman–Crippen MR) is 61.1 cm³/mol. The molecule has 0 aromatic rings. The molecule has 0 aliphatic heterocycles. The largest absolute Gasteiger partial charge is 0.462 e. The molecule has 92 valence electrons. The monoisotopic (exact) mass is 228 g/mol. The van der Waals surface area contributed by atoms with Crippen molar-refractivity contribution in [2.75, 3.05) is 19.8 Å². The van der Waals surface area contributed by atoms with Crippen LogP contribution < -0.4 is 0 Å². The van der Waals surface area contributed by atoms with Gasteiger partial charge in [0.15, 0.2) is 0 Å². The minimum atomic E-state index is -0.379. The molecule has 0 aliphatic rings. The first-order valence-corrected chi connectivity index (χ1v) is 5.33. The van der Waals surface area contributed by atoms with E-state index in [0.29, 0.717) is 31.8 Å². The van der Waals surface area contributed by atoms with Gasteiger partial charge in [0.2, 0.25) is 0 Å². The lowest BCUT2D eigenvalue weighted by Gasteiger charge is -2.12. The van der Waals surface area contributed by atoms with Crippen molar-refractivity contribution >= 4 is 11.8 Å². The zero-order chi connectivity index (χ0) is 12.6. The fraction of sp³-hybridized carbons (Fsp3) is 0.667. The van der Waals surface area contributed by atoms with Gasteiger partial charge >= 0.3 is 5.97 Å². The summed E-state index contributed by atoms with van der Waals surface area (Å²) in [7, 11) is 0. The van der Waals surface area contributed by atoms with Gasteiger partial charge in [-0.15, -0.1) is 0 Å². The van der Waals surface area contributed by atoms with Crippen molar-refractivity contribution in [1.29, 1.82) is 0 Å². The Morgan fingerprint density at radius 3 is 2.38 bits per heavy atom. The van der Waals surface area contributed by atoms with Gasteiger partial charge in [0.25, 0.3) is 0 Å². The second-order valence-corrected chi connectivity index (χ2v) is 4.01. The molecule has 1 atom stereocenters. The summed E-state index contributed by atoms with van der Waals surface area (Å²) in [4.78, 5) is 21.7. The molecule has 0 saturated carbocycles. The molecule has 0 radical (unpaired) electrons. The van der Waals surface area contributed by atoms with Crippen molar-refractivity contribution in [3.05, 3.63) is 12.2 Å². The van der Waals surface area contributed by atoms with E-state index >= 15 is 0 Å². The third-order valence-electron chi connectivity index (χ3n) is 1.85. The van der Waals surface area contributed by atoms with Gasteiger partial charge in [0.05, 0.1) is 19.8 Å². The van der Waals surface area contributed by atoms with Crippen LogP contribution in [0.15, 0.2) is 12.2 Å². The molecule has 0 aromatic carbocycles. The summed E-state index contributed by atoms with van der Waals surface area (Å²) >= 11 is 0. The molecule has 16 heavy (non-hydrogen) atoms. The molecule has 4 nitrogen and oxygen atoms in total. The molecule has 0 heterocycles. The van der Waals surface area contributed by atoms with Gasteiger partial charge in [-0.1, -0.05) is 13.5 Å². The minimum Gasteiger partial charge on any atom is -0.462 e. The van der Waals surface area contributed by atoms with Crippen LogP contribution in [0.25, 0.3) is 0 Å². The van der Waals surface area contributed by atoms with Gasteiger partial charge in [-0.05, 0) is 13.8 Å². The number of ketones is 1. The molecule has 4 heteroatoms. The molecule has 0 spiro atoms. The van der Waals surface area contributed by atoms with E-state index in [2.05, 4.69) is 6.58 Å². The van der Waals surface area contributed by atoms with Gasteiger partial charge < -0.3 is 9.47 Å². The van der Waals surface area contributed by atoms with Crippen LogP contribution in [0.4, 0.5) is 0 Å². The third kappa shape index (κ3) is 8.17. The Morgan fingerprint density at radius 2 is 1.88 bits per heavy atom. The first-order valence-electron chi connectivity index (χ1n) is 5.33. The maximum Gasteiger partial charge on any atom is 0.333 e. The highest BCUT2D eigenvalue weighted by Gasteiger charge is 2.08. The summed E-state index contributed by atoms with van der Waals surface area (Å²) in [5.74, 6) is -0.146. The predicted octanol–water partition coefficient (Wildman–Crippen LogP) is 1.74. The molecule has 0 aromatic heterocycles. The Kier molecular flexibility index (Phi) is 7.46. The average Bonchev–Trinajstić information content (AvgIpc) is 2.20. The van der Waals surface area contributed by atoms with Crippen LogP contribution >= 0.6 is 0 Å². The number of Topliss-reactive ketones (excluding diaryl/α,β-unsaturated/α-hetero) is 1. The lowest BCUT2D eigenvalue weighted by Crippen LogP contribution is -2.17. The smallest absolute Gasteiger partial charge is 0.333 e. The van der Waals surface area contributed by atoms with Crippen LogP contribution in [0.2, 0.25) is 0 Å². The van der Waals surface area contributed by atoms with E-state index in [1.165, 1.54) is 6.92 Å². The van der Waals surface area contributed by atoms with Gasteiger partial charge in [-0.25, -0.2) is 4.79 Å². The zero-order valence-corrected chi connectivity index (χ0v) is 10.2. The molecular formula is C12H20O4. The van der Waals surface area contributed by atoms with E-state index in [-0.39, 0.29) is 17.7 Å². The van der Waals surface area contributed by atoms with Crippen molar-refractivity contribution in [3.63, 3.8) is 0 Å². The zero-order valence-electron chi connectivity index (χ0n) is 10.2. The average molecular weight is 228 g/mol. The summed E-state index contributed by atoms with van der Waals surface area (Å²) < 4.78 is 10.2. The second kappa shape index (κ2) is 8.05. The highest BCUT2D eigenvalue weighted by molar-refractivity contribution is 5.86. The summed E-state index contributed by atoms with van der Waals surface area (Å²) in [6.45, 7) is 9.76. The van der Waals surface area contributed by atoms with Crippen molar-refractivity contribution in [3.8, 4) is 0 Å². The molecule has 0 fully saturated rings. The first kappa shape index (κ1) is 14.8. The van der Waals surface area contributed by atoms with Crippen LogP contribution in [-0.2, 0) is 19.1 Å². The lowest BCUT2D eigenvalue weighted by molar-refractivity contribution is -0.140. The maximum absolute atomic E-state index is 11.1. The molecule has 0 rings (SSSR count). The van der Waals surface area contributed by atoms with E-state index in [4.69, 9.17) is 9.47 Å². The van der Waals surface area contributed by atoms with Crippen LogP contribution in [0, 0.1) is 5.92 Å². The number of hydrogen-bond donors (Lipinski definition) is 0. The highest BCUT2D eigenvalue weighted by atomic mass is 16.5. The van der Waals surface area contributed by atoms with Gasteiger partial charge in [-0.2, -0.15) is 0 Å². The number of esters is 1. The summed E-state index contributed by atoms with van der Waals surface area (Å²) in [6.07, 6.45) is 0.429. The van der Waals surface area contributed by atoms with Crippen molar-refractivity contribution in [2.24, 2.45) is 5.92 Å². The second-order valence-electron chi connectivity index (χ2n) is 4.01. The van der Waals surface area contributed by atoms with Gasteiger partial charge in [0, 0.05) is 17.9 Å². The van der Waals surface area contributed by atoms with Crippen LogP contribution in [0.3, 0.4) is 0 Å². The van der Waals surface area contributed by atoms with E-state index < -0.39 is 0 Å². The van der Waals surface area contributed by atoms with E-state index in [0.717, 1.165) is 0 Å². The number of carbonyl (C=O) groups excluding carboxylic acids is 2. The molecular weight excluding hydrogens is 208 g/mol. The van der Waals surface area contributed by atoms with Gasteiger partial charge in [-0.3, -0.25) is 4.79 Å². The SMILES string of the molecule is C=C(C)C(=O)OCC(C)COCCC(C)=O. The lowest BCUT2D eigenvalue weighted by atomic mass is 10.2. The molecule has 0 amide bonds. The van der Waals surface area contributed by atoms with Crippen molar-refractivity contribution in [1.82, 2.24) is 0 Å². The minimum absolute atomic E-state index is 0.112. The highest BCUT2D eigenvalue weighted by Crippen LogP contribution is 2.00. The number of ether oxygens (including phenoxy) is 2. The number of hydrogen-bond acceptors (Lipinski definition) is 4. The van der Waals surface area contributed by atoms with Crippen LogP contribution in [-0.4, -0.2) is 31.6 Å². The Balaban J connectivity index is 3.51. The fourth-order valence-electron chi connectivity index (χ4n) is 0.890. The Bertz CT molecular complexity index is 258. The van der Waals surface area contributed by atoms with Crippen LogP contribution in [0.1, 0.15) is 27.2 Å². The standard InChI is InChI=1S/C12H20O4/c1-9(2)12(14)16-8-10(3)7-15-6-5-11(4)13/h10H,1,5-8H2,2-4H3. The van der Waals surface area contributed by atoms with Crippen LogP contribution in [0.5, 0.6) is 0 Å². The summed E-state index contributed by atoms with van der Waals surface area (Å²) in [6, 6.07) is 0.